The van der Waals surface area contributed by atoms with Gasteiger partial charge in [-0.1, -0.05) is 12.1 Å². The van der Waals surface area contributed by atoms with E-state index in [9.17, 15) is 5.11 Å². The fourth-order valence-corrected chi connectivity index (χ4v) is 1.09. The molecule has 2 nitrogen and oxygen atoms in total. The quantitative estimate of drug-likeness (QED) is 0.629. The van der Waals surface area contributed by atoms with Crippen LogP contribution in [-0.2, 0) is 5.11 Å². The van der Waals surface area contributed by atoms with Crippen LogP contribution >= 0.6 is 0 Å². The van der Waals surface area contributed by atoms with Gasteiger partial charge in [-0.2, -0.15) is 0 Å². The summed E-state index contributed by atoms with van der Waals surface area (Å²) in [7, 11) is 0. The van der Waals surface area contributed by atoms with Crippen molar-refractivity contribution in [2.45, 2.75) is 0 Å². The highest BCUT2D eigenvalue weighted by Crippen LogP contribution is 2.23. The van der Waals surface area contributed by atoms with Gasteiger partial charge in [-0.3, -0.25) is 5.11 Å². The molecule has 0 bridgehead atoms. The van der Waals surface area contributed by atoms with Gasteiger partial charge < -0.3 is 4.42 Å². The minimum atomic E-state index is 0.00361. The zero-order valence-electron chi connectivity index (χ0n) is 6.36. The maximum Gasteiger partial charge on any atom is 0.179 e. The largest absolute Gasteiger partial charge is 0.464 e. The highest BCUT2D eigenvalue weighted by molar-refractivity contribution is 5.58. The summed E-state index contributed by atoms with van der Waals surface area (Å²) >= 11 is 0. The van der Waals surface area contributed by atoms with Crippen LogP contribution in [0.15, 0.2) is 47.1 Å². The number of furan rings is 1. The Morgan fingerprint density at radius 1 is 1.08 bits per heavy atom. The highest BCUT2D eigenvalue weighted by atomic mass is 16.3. The molecule has 0 spiro atoms. The number of hydrogen-bond acceptors (Lipinski definition) is 1. The zero-order chi connectivity index (χ0) is 8.39. The Bertz CT molecular complexity index is 363. The van der Waals surface area contributed by atoms with E-state index in [2.05, 4.69) is 0 Å². The first-order valence-electron chi connectivity index (χ1n) is 3.67. The van der Waals surface area contributed by atoms with E-state index in [1.54, 1.807) is 24.5 Å². The van der Waals surface area contributed by atoms with E-state index in [4.69, 9.17) is 4.42 Å². The highest BCUT2D eigenvalue weighted by Gasteiger charge is 2.00. The normalized spacial score (nSPS) is 10.0. The van der Waals surface area contributed by atoms with Gasteiger partial charge in [0.25, 0.3) is 0 Å². The molecular weight excluding hydrogens is 152 g/mol. The van der Waals surface area contributed by atoms with Gasteiger partial charge in [0.2, 0.25) is 0 Å². The van der Waals surface area contributed by atoms with Crippen molar-refractivity contribution in [2.75, 3.05) is 0 Å². The minimum Gasteiger partial charge on any atom is -0.464 e. The van der Waals surface area contributed by atoms with Crippen molar-refractivity contribution in [2.24, 2.45) is 0 Å². The number of benzene rings is 1. The fourth-order valence-electron chi connectivity index (χ4n) is 1.09. The lowest BCUT2D eigenvalue weighted by atomic mass is 10.2. The smallest absolute Gasteiger partial charge is 0.179 e. The molecule has 2 rings (SSSR count). The van der Waals surface area contributed by atoms with Crippen molar-refractivity contribution in [3.8, 4) is 17.1 Å². The van der Waals surface area contributed by atoms with Crippen LogP contribution in [0.5, 0.6) is 5.75 Å². The average Bonchev–Trinajstić information content (AvgIpc) is 2.56. The predicted molar refractivity (Wildman–Crippen MR) is 44.3 cm³/mol. The lowest BCUT2D eigenvalue weighted by Gasteiger charge is -1.94. The molecule has 0 N–H and O–H groups in total. The summed E-state index contributed by atoms with van der Waals surface area (Å²) in [6.07, 6.45) is 1.59. The van der Waals surface area contributed by atoms with E-state index < -0.39 is 0 Å². The molecule has 0 saturated carbocycles. The number of rotatable bonds is 1. The molecule has 1 heterocycles. The van der Waals surface area contributed by atoms with Crippen molar-refractivity contribution >= 4 is 0 Å². The van der Waals surface area contributed by atoms with Gasteiger partial charge >= 0.3 is 0 Å². The summed E-state index contributed by atoms with van der Waals surface area (Å²) in [6, 6.07) is 10.3. The van der Waals surface area contributed by atoms with Crippen LogP contribution in [0, 0.1) is 0 Å². The maximum absolute atomic E-state index is 10.9. The van der Waals surface area contributed by atoms with E-state index in [0.717, 1.165) is 11.3 Å². The molecule has 0 unspecified atom stereocenters. The maximum atomic E-state index is 10.9. The Kier molecular flexibility index (Phi) is 1.59. The molecule has 2 aromatic rings. The Morgan fingerprint density at radius 2 is 2.00 bits per heavy atom. The molecule has 1 aromatic carbocycles. The third kappa shape index (κ3) is 1.19. The van der Waals surface area contributed by atoms with Crippen LogP contribution in [0.4, 0.5) is 0 Å². The Balaban J connectivity index is 2.48. The summed E-state index contributed by atoms with van der Waals surface area (Å²) in [5, 5.41) is 10.9. The van der Waals surface area contributed by atoms with Gasteiger partial charge in [-0.25, -0.2) is 0 Å². The summed E-state index contributed by atoms with van der Waals surface area (Å²) in [5.74, 6) is 0.733. The van der Waals surface area contributed by atoms with Crippen molar-refractivity contribution < 1.29 is 9.52 Å². The van der Waals surface area contributed by atoms with Crippen LogP contribution < -0.4 is 0 Å². The van der Waals surface area contributed by atoms with Gasteiger partial charge in [0.05, 0.1) is 6.26 Å². The zero-order valence-corrected chi connectivity index (χ0v) is 6.36. The summed E-state index contributed by atoms with van der Waals surface area (Å²) in [4.78, 5) is 0. The standard InChI is InChI=1S/C10H7O2/c11-9-4-1-3-8(7-9)10-5-2-6-12-10/h1-7H. The Labute approximate surface area is 70.1 Å². The Hall–Kier alpha value is -1.70. The fraction of sp³-hybridized carbons (Fsp3) is 0. The van der Waals surface area contributed by atoms with E-state index in [1.165, 1.54) is 6.07 Å². The lowest BCUT2D eigenvalue weighted by Crippen LogP contribution is -1.70. The van der Waals surface area contributed by atoms with Crippen LogP contribution in [0.2, 0.25) is 0 Å². The molecule has 0 aliphatic heterocycles. The topological polar surface area (TPSA) is 33.0 Å². The van der Waals surface area contributed by atoms with Crippen LogP contribution in [-0.4, -0.2) is 0 Å². The lowest BCUT2D eigenvalue weighted by molar-refractivity contribution is 0.355. The second-order valence-electron chi connectivity index (χ2n) is 2.51. The molecule has 1 aromatic heterocycles. The Morgan fingerprint density at radius 3 is 2.67 bits per heavy atom. The number of hydrogen-bond donors (Lipinski definition) is 0. The molecule has 12 heavy (non-hydrogen) atoms. The van der Waals surface area contributed by atoms with E-state index in [1.807, 2.05) is 12.1 Å². The SMILES string of the molecule is [O]c1cccc(-c2ccco2)c1. The second-order valence-corrected chi connectivity index (χ2v) is 2.51. The summed E-state index contributed by atoms with van der Waals surface area (Å²) in [5.41, 5.74) is 0.826. The van der Waals surface area contributed by atoms with E-state index >= 15 is 0 Å². The van der Waals surface area contributed by atoms with Crippen molar-refractivity contribution in [3.63, 3.8) is 0 Å². The molecule has 2 heteroatoms. The average molecular weight is 159 g/mol. The van der Waals surface area contributed by atoms with Crippen molar-refractivity contribution in [1.82, 2.24) is 0 Å². The van der Waals surface area contributed by atoms with E-state index in [0.29, 0.717) is 0 Å². The molecule has 0 amide bonds. The summed E-state index contributed by atoms with van der Waals surface area (Å²) in [6.45, 7) is 0. The minimum absolute atomic E-state index is 0.00361. The molecule has 0 saturated heterocycles. The van der Waals surface area contributed by atoms with Crippen LogP contribution in [0.3, 0.4) is 0 Å². The van der Waals surface area contributed by atoms with E-state index in [-0.39, 0.29) is 5.75 Å². The van der Waals surface area contributed by atoms with Gasteiger partial charge in [0, 0.05) is 5.56 Å². The molecule has 0 aliphatic carbocycles. The van der Waals surface area contributed by atoms with Crippen molar-refractivity contribution in [1.29, 1.82) is 0 Å². The van der Waals surface area contributed by atoms with Gasteiger partial charge in [0.15, 0.2) is 5.75 Å². The van der Waals surface area contributed by atoms with Crippen molar-refractivity contribution in [3.05, 3.63) is 42.7 Å². The molecule has 0 aliphatic rings. The second kappa shape index (κ2) is 2.74. The van der Waals surface area contributed by atoms with Gasteiger partial charge in [-0.15, -0.1) is 0 Å². The molecule has 0 fully saturated rings. The first-order valence-corrected chi connectivity index (χ1v) is 3.67. The third-order valence-electron chi connectivity index (χ3n) is 1.64. The molecule has 1 radical (unpaired) electrons. The third-order valence-corrected chi connectivity index (χ3v) is 1.64. The van der Waals surface area contributed by atoms with Crippen LogP contribution in [0.1, 0.15) is 0 Å². The first kappa shape index (κ1) is 6.98. The monoisotopic (exact) mass is 159 g/mol. The molecule has 0 atom stereocenters. The van der Waals surface area contributed by atoms with Crippen LogP contribution in [0.25, 0.3) is 11.3 Å². The summed E-state index contributed by atoms with van der Waals surface area (Å²) < 4.78 is 5.14. The predicted octanol–water partition coefficient (Wildman–Crippen LogP) is 3.09. The van der Waals surface area contributed by atoms with Gasteiger partial charge in [0.1, 0.15) is 5.76 Å². The molecule has 59 valence electrons. The first-order chi connectivity index (χ1) is 5.86. The van der Waals surface area contributed by atoms with Gasteiger partial charge in [-0.05, 0) is 24.3 Å². The molecular formula is C10H7O2.